The number of nitrogens with zero attached hydrogens (tertiary/aromatic N) is 1. The van der Waals surface area contributed by atoms with Gasteiger partial charge in [0.1, 0.15) is 0 Å². The zero-order valence-electron chi connectivity index (χ0n) is 10.1. The molecule has 1 heterocycles. The van der Waals surface area contributed by atoms with E-state index < -0.39 is 0 Å². The molecule has 0 aromatic rings. The summed E-state index contributed by atoms with van der Waals surface area (Å²) in [6.07, 6.45) is 7.13. The summed E-state index contributed by atoms with van der Waals surface area (Å²) in [7, 11) is 0. The molecule has 3 nitrogen and oxygen atoms in total. The Kier molecular flexibility index (Phi) is 3.57. The van der Waals surface area contributed by atoms with E-state index >= 15 is 0 Å². The van der Waals surface area contributed by atoms with Gasteiger partial charge in [-0.1, -0.05) is 37.9 Å². The van der Waals surface area contributed by atoms with Gasteiger partial charge in [0, 0.05) is 0 Å². The van der Waals surface area contributed by atoms with Crippen molar-refractivity contribution in [3.05, 3.63) is 0 Å². The second kappa shape index (κ2) is 4.78. The molecule has 1 aliphatic carbocycles. The first-order valence-corrected chi connectivity index (χ1v) is 7.04. The largest absolute Gasteiger partial charge is 0.304 e. The predicted octanol–water partition coefficient (Wildman–Crippen LogP) is 2.71. The number of carbonyl (C=O) groups is 1. The van der Waals surface area contributed by atoms with Crippen molar-refractivity contribution < 1.29 is 4.79 Å². The minimum absolute atomic E-state index is 0.120. The lowest BCUT2D eigenvalue weighted by molar-refractivity contribution is -0.121. The molecular formula is C12H20N2OS. The van der Waals surface area contributed by atoms with Crippen molar-refractivity contribution in [3.8, 4) is 0 Å². The van der Waals surface area contributed by atoms with Crippen LogP contribution in [0.5, 0.6) is 0 Å². The first-order valence-electron chi connectivity index (χ1n) is 6.22. The Labute approximate surface area is 101 Å². The van der Waals surface area contributed by atoms with Crippen LogP contribution in [0.4, 0.5) is 0 Å². The monoisotopic (exact) mass is 240 g/mol. The maximum absolute atomic E-state index is 11.8. The number of hydrogen-bond donors (Lipinski definition) is 1. The molecule has 0 bridgehead atoms. The van der Waals surface area contributed by atoms with Gasteiger partial charge in [-0.2, -0.15) is 0 Å². The topological polar surface area (TPSA) is 41.5 Å². The fourth-order valence-electron chi connectivity index (χ4n) is 2.18. The molecule has 2 fully saturated rings. The molecule has 0 aromatic heterocycles. The number of carbonyl (C=O) groups excluding carboxylic acids is 1. The summed E-state index contributed by atoms with van der Waals surface area (Å²) >= 11 is 1.60. The summed E-state index contributed by atoms with van der Waals surface area (Å²) in [4.78, 5) is 16.4. The van der Waals surface area contributed by atoms with Gasteiger partial charge in [-0.05, 0) is 26.2 Å². The van der Waals surface area contributed by atoms with E-state index in [4.69, 9.17) is 0 Å². The summed E-state index contributed by atoms with van der Waals surface area (Å²) in [6.45, 7) is 4.05. The number of thioether (sulfide) groups is 1. The average Bonchev–Trinajstić information content (AvgIpc) is 2.56. The van der Waals surface area contributed by atoms with Gasteiger partial charge in [0.05, 0.1) is 10.8 Å². The third-order valence-electron chi connectivity index (χ3n) is 3.57. The Morgan fingerprint density at radius 1 is 1.44 bits per heavy atom. The van der Waals surface area contributed by atoms with Crippen LogP contribution in [0, 0.1) is 0 Å². The molecule has 1 saturated carbocycles. The van der Waals surface area contributed by atoms with Crippen LogP contribution in [0.1, 0.15) is 52.4 Å². The van der Waals surface area contributed by atoms with E-state index in [1.807, 2.05) is 6.92 Å². The molecule has 90 valence electrons. The minimum atomic E-state index is -0.298. The van der Waals surface area contributed by atoms with E-state index in [9.17, 15) is 4.79 Å². The summed E-state index contributed by atoms with van der Waals surface area (Å²) in [5.74, 6) is 0.120. The zero-order valence-corrected chi connectivity index (χ0v) is 10.9. The molecule has 1 aliphatic heterocycles. The quantitative estimate of drug-likeness (QED) is 0.806. The number of rotatable bonds is 2. The SMILES string of the molecule is CC[C@]1(C)SC(=NC2CCCCC2)NC1=O. The molecular weight excluding hydrogens is 220 g/mol. The van der Waals surface area contributed by atoms with E-state index in [0.717, 1.165) is 11.6 Å². The van der Waals surface area contributed by atoms with E-state index in [1.54, 1.807) is 11.8 Å². The standard InChI is InChI=1S/C12H20N2OS/c1-3-12(2)10(15)14-11(16-12)13-9-7-5-4-6-8-9/h9H,3-8H2,1-2H3,(H,13,14,15)/t12-/m0/s1. The normalized spacial score (nSPS) is 34.4. The highest BCUT2D eigenvalue weighted by molar-refractivity contribution is 8.16. The Morgan fingerprint density at radius 3 is 2.69 bits per heavy atom. The maximum Gasteiger partial charge on any atom is 0.242 e. The third-order valence-corrected chi connectivity index (χ3v) is 4.90. The number of nitrogens with one attached hydrogen (secondary N) is 1. The fourth-order valence-corrected chi connectivity index (χ4v) is 3.24. The number of hydrogen-bond acceptors (Lipinski definition) is 3. The van der Waals surface area contributed by atoms with Crippen molar-refractivity contribution in [1.29, 1.82) is 0 Å². The van der Waals surface area contributed by atoms with Crippen LogP contribution < -0.4 is 5.32 Å². The van der Waals surface area contributed by atoms with Crippen LogP contribution in [0.15, 0.2) is 4.99 Å². The molecule has 2 rings (SSSR count). The molecule has 1 saturated heterocycles. The number of aliphatic imine (C=N–C) groups is 1. The van der Waals surface area contributed by atoms with Gasteiger partial charge in [0.15, 0.2) is 5.17 Å². The molecule has 0 radical (unpaired) electrons. The highest BCUT2D eigenvalue weighted by Gasteiger charge is 2.41. The maximum atomic E-state index is 11.8. The predicted molar refractivity (Wildman–Crippen MR) is 68.7 cm³/mol. The summed E-state index contributed by atoms with van der Waals surface area (Å²) in [6, 6.07) is 0.441. The van der Waals surface area contributed by atoms with E-state index in [2.05, 4.69) is 17.2 Å². The van der Waals surface area contributed by atoms with Gasteiger partial charge >= 0.3 is 0 Å². The second-order valence-electron chi connectivity index (χ2n) is 4.87. The average molecular weight is 240 g/mol. The summed E-state index contributed by atoms with van der Waals surface area (Å²) in [5, 5.41) is 3.77. The fraction of sp³-hybridized carbons (Fsp3) is 0.833. The van der Waals surface area contributed by atoms with Crippen LogP contribution in [0.3, 0.4) is 0 Å². The first-order chi connectivity index (χ1) is 7.64. The van der Waals surface area contributed by atoms with Gasteiger partial charge in [-0.15, -0.1) is 0 Å². The zero-order chi connectivity index (χ0) is 11.6. The molecule has 1 N–H and O–H groups in total. The highest BCUT2D eigenvalue weighted by atomic mass is 32.2. The highest BCUT2D eigenvalue weighted by Crippen LogP contribution is 2.35. The molecule has 0 aromatic carbocycles. The van der Waals surface area contributed by atoms with Gasteiger partial charge in [0.2, 0.25) is 5.91 Å². The number of amidine groups is 1. The third kappa shape index (κ3) is 2.42. The van der Waals surface area contributed by atoms with Crippen LogP contribution >= 0.6 is 11.8 Å². The van der Waals surface area contributed by atoms with Gasteiger partial charge in [-0.25, -0.2) is 0 Å². The molecule has 2 aliphatic rings. The van der Waals surface area contributed by atoms with Crippen LogP contribution in [-0.4, -0.2) is 21.9 Å². The van der Waals surface area contributed by atoms with Crippen molar-refractivity contribution in [2.45, 2.75) is 63.2 Å². The van der Waals surface area contributed by atoms with Gasteiger partial charge in [0.25, 0.3) is 0 Å². The van der Waals surface area contributed by atoms with E-state index in [1.165, 1.54) is 32.1 Å². The Hall–Kier alpha value is -0.510. The summed E-state index contributed by atoms with van der Waals surface area (Å²) < 4.78 is -0.298. The van der Waals surface area contributed by atoms with E-state index in [0.29, 0.717) is 6.04 Å². The molecule has 4 heteroatoms. The minimum Gasteiger partial charge on any atom is -0.304 e. The van der Waals surface area contributed by atoms with Crippen molar-refractivity contribution in [2.24, 2.45) is 4.99 Å². The molecule has 16 heavy (non-hydrogen) atoms. The lowest BCUT2D eigenvalue weighted by atomic mass is 9.96. The Morgan fingerprint density at radius 2 is 2.12 bits per heavy atom. The Bertz CT molecular complexity index is 310. The lowest BCUT2D eigenvalue weighted by Crippen LogP contribution is -2.33. The first kappa shape index (κ1) is 12.0. The smallest absolute Gasteiger partial charge is 0.242 e. The van der Waals surface area contributed by atoms with Gasteiger partial charge < -0.3 is 5.32 Å². The van der Waals surface area contributed by atoms with Crippen molar-refractivity contribution in [3.63, 3.8) is 0 Å². The van der Waals surface area contributed by atoms with Crippen molar-refractivity contribution in [2.75, 3.05) is 0 Å². The van der Waals surface area contributed by atoms with Crippen LogP contribution in [0.2, 0.25) is 0 Å². The molecule has 0 spiro atoms. The number of amides is 1. The molecule has 1 atom stereocenters. The molecule has 0 unspecified atom stereocenters. The van der Waals surface area contributed by atoms with Crippen LogP contribution in [-0.2, 0) is 4.79 Å². The van der Waals surface area contributed by atoms with Crippen molar-refractivity contribution in [1.82, 2.24) is 5.32 Å². The van der Waals surface area contributed by atoms with Crippen molar-refractivity contribution >= 4 is 22.8 Å². The second-order valence-corrected chi connectivity index (χ2v) is 6.36. The molecule has 1 amide bonds. The Balaban J connectivity index is 2.01. The lowest BCUT2D eigenvalue weighted by Gasteiger charge is -2.18. The van der Waals surface area contributed by atoms with Crippen LogP contribution in [0.25, 0.3) is 0 Å². The van der Waals surface area contributed by atoms with Gasteiger partial charge in [-0.3, -0.25) is 9.79 Å². The van der Waals surface area contributed by atoms with E-state index in [-0.39, 0.29) is 10.7 Å². The summed E-state index contributed by atoms with van der Waals surface area (Å²) in [5.41, 5.74) is 0.